The van der Waals surface area contributed by atoms with Crippen LogP contribution in [0.3, 0.4) is 0 Å². The molecular weight excluding hydrogens is 236 g/mol. The van der Waals surface area contributed by atoms with Crippen LogP contribution in [0.25, 0.3) is 5.57 Å². The highest BCUT2D eigenvalue weighted by atomic mass is 16.7. The third kappa shape index (κ3) is 5.93. The first-order valence-electron chi connectivity index (χ1n) is 6.92. The zero-order valence-electron chi connectivity index (χ0n) is 12.8. The summed E-state index contributed by atoms with van der Waals surface area (Å²) in [4.78, 5) is 0. The van der Waals surface area contributed by atoms with Gasteiger partial charge in [0.1, 0.15) is 5.75 Å². The maximum Gasteiger partial charge on any atom is 0.200 e. The summed E-state index contributed by atoms with van der Waals surface area (Å²) in [7, 11) is 0. The lowest BCUT2D eigenvalue weighted by molar-refractivity contribution is -0.153. The van der Waals surface area contributed by atoms with E-state index in [2.05, 4.69) is 13.5 Å². The van der Waals surface area contributed by atoms with Crippen LogP contribution in [0.4, 0.5) is 0 Å². The molecule has 0 N–H and O–H groups in total. The van der Waals surface area contributed by atoms with Crippen molar-refractivity contribution in [3.63, 3.8) is 0 Å². The molecule has 0 radical (unpaired) electrons. The van der Waals surface area contributed by atoms with Gasteiger partial charge in [-0.3, -0.25) is 0 Å². The van der Waals surface area contributed by atoms with Crippen LogP contribution in [0.5, 0.6) is 5.75 Å². The Kier molecular flexibility index (Phi) is 5.61. The molecule has 0 saturated carbocycles. The fraction of sp³-hybridized carbons (Fsp3) is 0.529. The zero-order chi connectivity index (χ0) is 14.5. The molecule has 106 valence electrons. The number of allylic oxidation sites excluding steroid dienone is 1. The third-order valence-electron chi connectivity index (χ3n) is 2.62. The molecule has 19 heavy (non-hydrogen) atoms. The van der Waals surface area contributed by atoms with Gasteiger partial charge in [-0.15, -0.1) is 0 Å². The van der Waals surface area contributed by atoms with Crippen molar-refractivity contribution in [1.29, 1.82) is 0 Å². The van der Waals surface area contributed by atoms with Gasteiger partial charge >= 0.3 is 0 Å². The highest BCUT2D eigenvalue weighted by Crippen LogP contribution is 2.21. The van der Waals surface area contributed by atoms with E-state index in [-0.39, 0.29) is 11.9 Å². The van der Waals surface area contributed by atoms with Gasteiger partial charge in [0.05, 0.1) is 5.60 Å². The molecule has 1 rings (SSSR count). The lowest BCUT2D eigenvalue weighted by Gasteiger charge is -2.27. The lowest BCUT2D eigenvalue weighted by Crippen LogP contribution is -2.31. The van der Waals surface area contributed by atoms with Gasteiger partial charge in [0.25, 0.3) is 0 Å². The van der Waals surface area contributed by atoms with Crippen molar-refractivity contribution in [2.24, 2.45) is 0 Å². The minimum Gasteiger partial charge on any atom is -0.465 e. The fourth-order valence-corrected chi connectivity index (χ4v) is 1.74. The van der Waals surface area contributed by atoms with E-state index in [0.717, 1.165) is 29.7 Å². The number of benzene rings is 1. The molecular formula is C17H26O2. The molecule has 0 spiro atoms. The van der Waals surface area contributed by atoms with Crippen LogP contribution >= 0.6 is 0 Å². The van der Waals surface area contributed by atoms with Crippen LogP contribution in [-0.2, 0) is 4.74 Å². The summed E-state index contributed by atoms with van der Waals surface area (Å²) in [6.45, 7) is 14.2. The van der Waals surface area contributed by atoms with Crippen molar-refractivity contribution in [2.75, 3.05) is 0 Å². The maximum absolute atomic E-state index is 5.92. The second-order valence-corrected chi connectivity index (χ2v) is 5.87. The molecule has 0 aliphatic carbocycles. The van der Waals surface area contributed by atoms with Crippen molar-refractivity contribution in [2.45, 2.75) is 59.4 Å². The molecule has 0 heterocycles. The number of hydrogen-bond acceptors (Lipinski definition) is 2. The van der Waals surface area contributed by atoms with E-state index in [1.165, 1.54) is 0 Å². The summed E-state index contributed by atoms with van der Waals surface area (Å²) in [6, 6.07) is 7.99. The smallest absolute Gasteiger partial charge is 0.200 e. The fourth-order valence-electron chi connectivity index (χ4n) is 1.74. The third-order valence-corrected chi connectivity index (χ3v) is 2.62. The van der Waals surface area contributed by atoms with Gasteiger partial charge in [-0.25, -0.2) is 0 Å². The normalized spacial score (nSPS) is 13.1. The summed E-state index contributed by atoms with van der Waals surface area (Å²) in [5.41, 5.74) is 2.00. The van der Waals surface area contributed by atoms with Crippen molar-refractivity contribution in [1.82, 2.24) is 0 Å². The SMILES string of the molecule is C=C(C)c1ccc(OC(CCC)OC(C)(C)C)cc1. The second kappa shape index (κ2) is 6.76. The van der Waals surface area contributed by atoms with E-state index in [1.807, 2.05) is 52.0 Å². The minimum absolute atomic E-state index is 0.194. The molecule has 1 unspecified atom stereocenters. The Bertz CT molecular complexity index is 398. The van der Waals surface area contributed by atoms with E-state index in [9.17, 15) is 0 Å². The van der Waals surface area contributed by atoms with E-state index < -0.39 is 0 Å². The number of ether oxygens (including phenoxy) is 2. The summed E-state index contributed by atoms with van der Waals surface area (Å²) in [5.74, 6) is 0.840. The standard InChI is InChI=1S/C17H26O2/c1-7-8-16(19-17(4,5)6)18-15-11-9-14(10-12-15)13(2)3/h9-12,16H,2,7-8H2,1,3-6H3. The molecule has 2 heteroatoms. The van der Waals surface area contributed by atoms with Crippen molar-refractivity contribution in [3.05, 3.63) is 36.4 Å². The molecule has 2 nitrogen and oxygen atoms in total. The van der Waals surface area contributed by atoms with Crippen LogP contribution in [0.2, 0.25) is 0 Å². The Morgan fingerprint density at radius 3 is 2.21 bits per heavy atom. The lowest BCUT2D eigenvalue weighted by atomic mass is 10.1. The molecule has 0 aromatic heterocycles. The van der Waals surface area contributed by atoms with Crippen LogP contribution in [0.1, 0.15) is 53.0 Å². The summed E-state index contributed by atoms with van der Waals surface area (Å²) in [5, 5.41) is 0. The van der Waals surface area contributed by atoms with Gasteiger partial charge in [0.15, 0.2) is 6.29 Å². The van der Waals surface area contributed by atoms with Crippen LogP contribution in [0.15, 0.2) is 30.8 Å². The Hall–Kier alpha value is -1.28. The first kappa shape index (κ1) is 15.8. The monoisotopic (exact) mass is 262 g/mol. The summed E-state index contributed by atoms with van der Waals surface area (Å²) in [6.07, 6.45) is 1.73. The van der Waals surface area contributed by atoms with Gasteiger partial charge in [0.2, 0.25) is 0 Å². The molecule has 1 aromatic carbocycles. The highest BCUT2D eigenvalue weighted by molar-refractivity contribution is 5.61. The average Bonchev–Trinajstić information content (AvgIpc) is 2.27. The molecule has 0 saturated heterocycles. The quantitative estimate of drug-likeness (QED) is 0.669. The van der Waals surface area contributed by atoms with Crippen LogP contribution in [0, 0.1) is 0 Å². The molecule has 0 bridgehead atoms. The van der Waals surface area contributed by atoms with E-state index >= 15 is 0 Å². The first-order chi connectivity index (χ1) is 8.81. The number of rotatable bonds is 6. The molecule has 1 aromatic rings. The molecule has 0 amide bonds. The predicted octanol–water partition coefficient (Wildman–Crippen LogP) is 5.04. The molecule has 0 aliphatic heterocycles. The van der Waals surface area contributed by atoms with Gasteiger partial charge in [0, 0.05) is 6.42 Å². The van der Waals surface area contributed by atoms with Crippen LogP contribution < -0.4 is 4.74 Å². The predicted molar refractivity (Wildman–Crippen MR) is 81.3 cm³/mol. The molecule has 0 fully saturated rings. The van der Waals surface area contributed by atoms with Gasteiger partial charge in [-0.1, -0.05) is 37.6 Å². The zero-order valence-corrected chi connectivity index (χ0v) is 12.8. The van der Waals surface area contributed by atoms with Gasteiger partial charge in [-0.05, 0) is 45.4 Å². The second-order valence-electron chi connectivity index (χ2n) is 5.87. The largest absolute Gasteiger partial charge is 0.465 e. The summed E-state index contributed by atoms with van der Waals surface area (Å²) < 4.78 is 11.8. The molecule has 0 aliphatic rings. The average molecular weight is 262 g/mol. The van der Waals surface area contributed by atoms with Crippen molar-refractivity contribution in [3.8, 4) is 5.75 Å². The molecule has 1 atom stereocenters. The first-order valence-corrected chi connectivity index (χ1v) is 6.92. The van der Waals surface area contributed by atoms with Gasteiger partial charge in [-0.2, -0.15) is 0 Å². The number of hydrogen-bond donors (Lipinski definition) is 0. The van der Waals surface area contributed by atoms with E-state index in [0.29, 0.717) is 0 Å². The van der Waals surface area contributed by atoms with Crippen molar-refractivity contribution >= 4 is 5.57 Å². The maximum atomic E-state index is 5.92. The Morgan fingerprint density at radius 1 is 1.21 bits per heavy atom. The highest BCUT2D eigenvalue weighted by Gasteiger charge is 2.19. The van der Waals surface area contributed by atoms with Gasteiger partial charge < -0.3 is 9.47 Å². The van der Waals surface area contributed by atoms with E-state index in [1.54, 1.807) is 0 Å². The Morgan fingerprint density at radius 2 is 1.79 bits per heavy atom. The van der Waals surface area contributed by atoms with Crippen LogP contribution in [-0.4, -0.2) is 11.9 Å². The Labute approximate surface area is 117 Å². The minimum atomic E-state index is -0.197. The van der Waals surface area contributed by atoms with E-state index in [4.69, 9.17) is 9.47 Å². The topological polar surface area (TPSA) is 18.5 Å². The Balaban J connectivity index is 2.70. The summed E-state index contributed by atoms with van der Waals surface area (Å²) >= 11 is 0. The van der Waals surface area contributed by atoms with Crippen molar-refractivity contribution < 1.29 is 9.47 Å².